The highest BCUT2D eigenvalue weighted by atomic mass is 16.5. The van der Waals surface area contributed by atoms with Crippen molar-refractivity contribution in [3.63, 3.8) is 0 Å². The second-order valence-electron chi connectivity index (χ2n) is 6.88. The molecule has 0 unspecified atom stereocenters. The molecule has 1 fully saturated rings. The van der Waals surface area contributed by atoms with Gasteiger partial charge in [-0.1, -0.05) is 12.1 Å². The van der Waals surface area contributed by atoms with Gasteiger partial charge in [-0.3, -0.25) is 4.90 Å². The topological polar surface area (TPSA) is 54.1 Å². The third-order valence-corrected chi connectivity index (χ3v) is 4.90. The molecule has 0 spiro atoms. The molecule has 4 rings (SSSR count). The van der Waals surface area contributed by atoms with Crippen molar-refractivity contribution in [2.75, 3.05) is 31.9 Å². The lowest BCUT2D eigenvalue weighted by Gasteiger charge is -2.38. The molecule has 0 atom stereocenters. The Morgan fingerprint density at radius 3 is 2.52 bits per heavy atom. The lowest BCUT2D eigenvalue weighted by molar-refractivity contribution is 0.149. The van der Waals surface area contributed by atoms with Crippen molar-refractivity contribution in [1.29, 1.82) is 0 Å². The van der Waals surface area contributed by atoms with E-state index in [1.54, 1.807) is 0 Å². The molecule has 25 heavy (non-hydrogen) atoms. The number of ether oxygens (including phenoxy) is 1. The van der Waals surface area contributed by atoms with E-state index in [2.05, 4.69) is 23.6 Å². The molecule has 2 N–H and O–H groups in total. The van der Waals surface area contributed by atoms with Gasteiger partial charge in [0, 0.05) is 37.9 Å². The minimum atomic E-state index is 0.574. The molecule has 5 nitrogen and oxygen atoms in total. The van der Waals surface area contributed by atoms with Gasteiger partial charge in [-0.05, 0) is 44.2 Å². The van der Waals surface area contributed by atoms with Gasteiger partial charge >= 0.3 is 0 Å². The summed E-state index contributed by atoms with van der Waals surface area (Å²) in [6.45, 7) is 8.48. The number of hydrogen-bond donors (Lipinski definition) is 1. The fourth-order valence-corrected chi connectivity index (χ4v) is 3.43. The number of fused-ring (bicyclic) bond motifs is 2. The number of piperazine rings is 1. The van der Waals surface area contributed by atoms with E-state index >= 15 is 0 Å². The van der Waals surface area contributed by atoms with Crippen LogP contribution in [-0.4, -0.2) is 47.9 Å². The van der Waals surface area contributed by atoms with Crippen LogP contribution in [0.15, 0.2) is 47.5 Å². The number of nitrogens with two attached hydrogens (primary N) is 1. The number of anilines is 1. The first kappa shape index (κ1) is 16.0. The fraction of sp³-hybridized carbons (Fsp3) is 0.350. The SMILES string of the molecule is CC(C)N1CCN(C2=Nc3ccccc3Oc3ccc(N)cc32)CC1. The molecule has 5 heteroatoms. The summed E-state index contributed by atoms with van der Waals surface area (Å²) in [6.07, 6.45) is 0. The van der Waals surface area contributed by atoms with E-state index in [4.69, 9.17) is 15.5 Å². The van der Waals surface area contributed by atoms with Gasteiger partial charge in [0.25, 0.3) is 0 Å². The summed E-state index contributed by atoms with van der Waals surface area (Å²) in [5, 5.41) is 0. The number of nitrogen functional groups attached to an aromatic ring is 1. The first-order chi connectivity index (χ1) is 12.1. The number of para-hydroxylation sites is 2. The predicted molar refractivity (Wildman–Crippen MR) is 102 cm³/mol. The largest absolute Gasteiger partial charge is 0.454 e. The van der Waals surface area contributed by atoms with Crippen molar-refractivity contribution in [2.24, 2.45) is 4.99 Å². The molecule has 2 aliphatic heterocycles. The number of benzene rings is 2. The molecule has 0 aliphatic carbocycles. The number of hydrogen-bond acceptors (Lipinski definition) is 5. The summed E-state index contributed by atoms with van der Waals surface area (Å²) >= 11 is 0. The monoisotopic (exact) mass is 336 g/mol. The summed E-state index contributed by atoms with van der Waals surface area (Å²) in [7, 11) is 0. The van der Waals surface area contributed by atoms with E-state index in [0.29, 0.717) is 6.04 Å². The van der Waals surface area contributed by atoms with Crippen LogP contribution < -0.4 is 10.5 Å². The summed E-state index contributed by atoms with van der Waals surface area (Å²) < 4.78 is 6.13. The minimum Gasteiger partial charge on any atom is -0.454 e. The van der Waals surface area contributed by atoms with E-state index in [9.17, 15) is 0 Å². The molecular formula is C20H24N4O. The van der Waals surface area contributed by atoms with E-state index < -0.39 is 0 Å². The maximum absolute atomic E-state index is 6.13. The van der Waals surface area contributed by atoms with Crippen molar-refractivity contribution in [3.05, 3.63) is 48.0 Å². The number of aliphatic imine (C=N–C) groups is 1. The van der Waals surface area contributed by atoms with E-state index in [1.807, 2.05) is 42.5 Å². The van der Waals surface area contributed by atoms with Crippen LogP contribution in [0.3, 0.4) is 0 Å². The van der Waals surface area contributed by atoms with Gasteiger partial charge in [-0.15, -0.1) is 0 Å². The molecular weight excluding hydrogens is 312 g/mol. The maximum atomic E-state index is 6.13. The molecule has 130 valence electrons. The second kappa shape index (κ2) is 6.41. The van der Waals surface area contributed by atoms with Crippen molar-refractivity contribution in [3.8, 4) is 11.5 Å². The van der Waals surface area contributed by atoms with E-state index in [1.165, 1.54) is 0 Å². The quantitative estimate of drug-likeness (QED) is 0.810. The van der Waals surface area contributed by atoms with Crippen LogP contribution in [0.2, 0.25) is 0 Å². The van der Waals surface area contributed by atoms with Gasteiger partial charge in [0.2, 0.25) is 0 Å². The van der Waals surface area contributed by atoms with Crippen molar-refractivity contribution in [2.45, 2.75) is 19.9 Å². The standard InChI is InChI=1S/C20H24N4O/c1-14(2)23-9-11-24(12-10-23)20-16-13-15(21)7-8-18(16)25-19-6-4-3-5-17(19)22-20/h3-8,13-14H,9-12,21H2,1-2H3. The zero-order valence-electron chi connectivity index (χ0n) is 14.8. The summed E-state index contributed by atoms with van der Waals surface area (Å²) in [6, 6.07) is 14.3. The highest BCUT2D eigenvalue weighted by molar-refractivity contribution is 6.04. The van der Waals surface area contributed by atoms with Gasteiger partial charge < -0.3 is 15.4 Å². The smallest absolute Gasteiger partial charge is 0.153 e. The Morgan fingerprint density at radius 1 is 1.00 bits per heavy atom. The first-order valence-corrected chi connectivity index (χ1v) is 8.86. The second-order valence-corrected chi connectivity index (χ2v) is 6.88. The van der Waals surface area contributed by atoms with Gasteiger partial charge in [0.1, 0.15) is 17.3 Å². The molecule has 2 heterocycles. The fourth-order valence-electron chi connectivity index (χ4n) is 3.43. The van der Waals surface area contributed by atoms with E-state index in [-0.39, 0.29) is 0 Å². The Labute approximate surface area is 148 Å². The molecule has 0 amide bonds. The molecule has 0 aromatic heterocycles. The van der Waals surface area contributed by atoms with Crippen molar-refractivity contribution < 1.29 is 4.74 Å². The highest BCUT2D eigenvalue weighted by Crippen LogP contribution is 2.38. The predicted octanol–water partition coefficient (Wildman–Crippen LogP) is 3.48. The number of rotatable bonds is 1. The molecule has 0 bridgehead atoms. The van der Waals surface area contributed by atoms with E-state index in [0.717, 1.165) is 60.5 Å². The lowest BCUT2D eigenvalue weighted by Crippen LogP contribution is -2.50. The van der Waals surface area contributed by atoms with Crippen LogP contribution in [0, 0.1) is 0 Å². The van der Waals surface area contributed by atoms with Gasteiger partial charge in [0.05, 0.1) is 5.56 Å². The first-order valence-electron chi connectivity index (χ1n) is 8.86. The summed E-state index contributed by atoms with van der Waals surface area (Å²) in [5.41, 5.74) is 8.60. The maximum Gasteiger partial charge on any atom is 0.153 e. The van der Waals surface area contributed by atoms with Crippen LogP contribution in [0.4, 0.5) is 11.4 Å². The highest BCUT2D eigenvalue weighted by Gasteiger charge is 2.26. The Bertz CT molecular complexity index is 807. The third kappa shape index (κ3) is 3.07. The zero-order valence-corrected chi connectivity index (χ0v) is 14.8. The van der Waals surface area contributed by atoms with Gasteiger partial charge in [-0.2, -0.15) is 0 Å². The van der Waals surface area contributed by atoms with Crippen molar-refractivity contribution in [1.82, 2.24) is 9.80 Å². The average Bonchev–Trinajstić information content (AvgIpc) is 2.78. The zero-order chi connectivity index (χ0) is 17.4. The van der Waals surface area contributed by atoms with Gasteiger partial charge in [-0.25, -0.2) is 4.99 Å². The molecule has 2 aromatic rings. The summed E-state index contributed by atoms with van der Waals surface area (Å²) in [4.78, 5) is 9.81. The lowest BCUT2D eigenvalue weighted by atomic mass is 10.1. The van der Waals surface area contributed by atoms with Crippen LogP contribution >= 0.6 is 0 Å². The Morgan fingerprint density at radius 2 is 1.76 bits per heavy atom. The Balaban J connectivity index is 1.75. The average molecular weight is 336 g/mol. The Hall–Kier alpha value is -2.53. The third-order valence-electron chi connectivity index (χ3n) is 4.90. The normalized spacial score (nSPS) is 17.4. The molecule has 1 saturated heterocycles. The molecule has 2 aromatic carbocycles. The molecule has 2 aliphatic rings. The van der Waals surface area contributed by atoms with Crippen LogP contribution in [0.25, 0.3) is 0 Å². The Kier molecular flexibility index (Phi) is 4.09. The minimum absolute atomic E-state index is 0.574. The van der Waals surface area contributed by atoms with Crippen LogP contribution in [-0.2, 0) is 0 Å². The number of amidine groups is 1. The summed E-state index contributed by atoms with van der Waals surface area (Å²) in [5.74, 6) is 2.55. The molecule has 0 radical (unpaired) electrons. The van der Waals surface area contributed by atoms with Gasteiger partial charge in [0.15, 0.2) is 5.75 Å². The molecule has 0 saturated carbocycles. The van der Waals surface area contributed by atoms with Crippen LogP contribution in [0.1, 0.15) is 19.4 Å². The van der Waals surface area contributed by atoms with Crippen LogP contribution in [0.5, 0.6) is 11.5 Å². The number of nitrogens with zero attached hydrogens (tertiary/aromatic N) is 3. The van der Waals surface area contributed by atoms with Crippen molar-refractivity contribution >= 4 is 17.2 Å².